The van der Waals surface area contributed by atoms with E-state index in [0.717, 1.165) is 25.2 Å². The summed E-state index contributed by atoms with van der Waals surface area (Å²) in [7, 11) is 2.74. The maximum atomic E-state index is 12.3. The molecule has 0 saturated carbocycles. The van der Waals surface area contributed by atoms with Crippen molar-refractivity contribution in [1.29, 1.82) is 0 Å². The Morgan fingerprint density at radius 1 is 1.23 bits per heavy atom. The minimum Gasteiger partial charge on any atom is -0.378 e. The van der Waals surface area contributed by atoms with E-state index in [9.17, 15) is 4.79 Å². The minimum absolute atomic E-state index is 0.208. The first-order valence-corrected chi connectivity index (χ1v) is 8.35. The Hall–Kier alpha value is -1.07. The number of carbonyl (C=O) groups excluding carboxylic acids is 1. The number of amides is 1. The van der Waals surface area contributed by atoms with Gasteiger partial charge in [0.1, 0.15) is 0 Å². The number of thiocarbonyl (C=S) groups is 1. The van der Waals surface area contributed by atoms with Gasteiger partial charge in [-0.3, -0.25) is 9.46 Å². The third kappa shape index (κ3) is 3.63. The van der Waals surface area contributed by atoms with E-state index in [1.807, 2.05) is 11.0 Å². The fourth-order valence-electron chi connectivity index (χ4n) is 2.75. The normalized spacial score (nSPS) is 18.7. The molecule has 0 aliphatic carbocycles. The van der Waals surface area contributed by atoms with E-state index < -0.39 is 0 Å². The number of morpholine rings is 1. The fraction of sp³-hybridized carbons (Fsp3) is 0.467. The Labute approximate surface area is 138 Å². The summed E-state index contributed by atoms with van der Waals surface area (Å²) in [4.78, 5) is 14.5. The van der Waals surface area contributed by atoms with Gasteiger partial charge in [-0.25, -0.2) is 0 Å². The van der Waals surface area contributed by atoms with E-state index in [-0.39, 0.29) is 5.91 Å². The molecule has 2 aliphatic heterocycles. The molecule has 1 atom stereocenters. The lowest BCUT2D eigenvalue weighted by Crippen LogP contribution is -2.44. The maximum Gasteiger partial charge on any atom is 0.283 e. The first-order valence-electron chi connectivity index (χ1n) is 7.43. The second-order valence-corrected chi connectivity index (χ2v) is 6.68. The van der Waals surface area contributed by atoms with Crippen molar-refractivity contribution in [1.82, 2.24) is 9.57 Å². The van der Waals surface area contributed by atoms with Crippen LogP contribution < -0.4 is 5.32 Å². The van der Waals surface area contributed by atoms with Gasteiger partial charge in [0, 0.05) is 31.9 Å². The van der Waals surface area contributed by atoms with Crippen molar-refractivity contribution in [3.8, 4) is 0 Å². The fourth-order valence-corrected chi connectivity index (χ4v) is 3.31. The van der Waals surface area contributed by atoms with Crippen LogP contribution in [0.15, 0.2) is 18.2 Å². The molecule has 22 heavy (non-hydrogen) atoms. The Bertz CT molecular complexity index is 590. The van der Waals surface area contributed by atoms with E-state index in [1.54, 1.807) is 0 Å². The van der Waals surface area contributed by atoms with Gasteiger partial charge in [-0.2, -0.15) is 0 Å². The van der Waals surface area contributed by atoms with Crippen molar-refractivity contribution in [3.05, 3.63) is 29.3 Å². The molecule has 1 aromatic carbocycles. The van der Waals surface area contributed by atoms with Crippen LogP contribution >= 0.6 is 21.6 Å². The summed E-state index contributed by atoms with van der Waals surface area (Å²) in [6.07, 6.45) is 0.996. The summed E-state index contributed by atoms with van der Waals surface area (Å²) < 4.78 is 7.50. The molecule has 0 spiro atoms. The lowest BCUT2D eigenvalue weighted by atomic mass is 10.0. The highest BCUT2D eigenvalue weighted by Crippen LogP contribution is 2.24. The topological polar surface area (TPSA) is 44.8 Å². The molecule has 5 nitrogen and oxygen atoms in total. The number of rotatable bonds is 1. The van der Waals surface area contributed by atoms with E-state index in [2.05, 4.69) is 31.5 Å². The second-order valence-electron chi connectivity index (χ2n) is 5.56. The van der Waals surface area contributed by atoms with Crippen molar-refractivity contribution >= 4 is 38.2 Å². The lowest BCUT2D eigenvalue weighted by molar-refractivity contribution is -0.111. The molecule has 1 aromatic rings. The first-order chi connectivity index (χ1) is 10.6. The number of nitrogens with one attached hydrogen (secondary N) is 1. The van der Waals surface area contributed by atoms with Crippen molar-refractivity contribution in [3.63, 3.8) is 0 Å². The zero-order valence-electron chi connectivity index (χ0n) is 12.4. The molecular weight excluding hydrogens is 317 g/mol. The Balaban J connectivity index is 1.65. The largest absolute Gasteiger partial charge is 0.378 e. The van der Waals surface area contributed by atoms with Gasteiger partial charge in [-0.1, -0.05) is 27.7 Å². The predicted octanol–water partition coefficient (Wildman–Crippen LogP) is 1.43. The van der Waals surface area contributed by atoms with Gasteiger partial charge >= 0.3 is 0 Å². The summed E-state index contributed by atoms with van der Waals surface area (Å²) in [6, 6.07) is 6.09. The number of hydrogen-bond donors (Lipinski definition) is 1. The van der Waals surface area contributed by atoms with Crippen LogP contribution in [0.25, 0.3) is 0 Å². The van der Waals surface area contributed by atoms with Gasteiger partial charge in [0.05, 0.1) is 13.2 Å². The summed E-state index contributed by atoms with van der Waals surface area (Å²) in [5, 5.41) is 2.92. The molecule has 1 unspecified atom stereocenters. The van der Waals surface area contributed by atoms with Crippen molar-refractivity contribution in [2.45, 2.75) is 13.0 Å². The average Bonchev–Trinajstić information content (AvgIpc) is 2.55. The third-order valence-corrected chi connectivity index (χ3v) is 4.88. The summed E-state index contributed by atoms with van der Waals surface area (Å²) in [5.41, 5.74) is 3.43. The van der Waals surface area contributed by atoms with Gasteiger partial charge in [0.25, 0.3) is 5.91 Å². The smallest absolute Gasteiger partial charge is 0.283 e. The molecule has 1 fully saturated rings. The molecule has 0 radical (unpaired) electrons. The average molecular weight is 337 g/mol. The van der Waals surface area contributed by atoms with E-state index >= 15 is 0 Å². The number of ether oxygens (including phenoxy) is 1. The zero-order chi connectivity index (χ0) is 15.5. The molecule has 1 amide bonds. The van der Waals surface area contributed by atoms with Crippen LogP contribution in [0, 0.1) is 0 Å². The second kappa shape index (κ2) is 7.01. The quantitative estimate of drug-likeness (QED) is 0.620. The number of carbonyl (C=O) groups is 1. The highest BCUT2D eigenvalue weighted by molar-refractivity contribution is 7.82. The van der Waals surface area contributed by atoms with Crippen LogP contribution in [0.5, 0.6) is 0 Å². The number of hydrogen-bond acceptors (Lipinski definition) is 4. The van der Waals surface area contributed by atoms with Crippen LogP contribution in [-0.2, 0) is 22.5 Å². The SMILES string of the molecule is O=C(Nc1ccc2c(c1)CCN(P)C2)C(=S)N1CCOCC1. The minimum atomic E-state index is -0.208. The van der Waals surface area contributed by atoms with Gasteiger partial charge in [-0.05, 0) is 29.7 Å². The molecule has 0 aromatic heterocycles. The van der Waals surface area contributed by atoms with Crippen LogP contribution in [0.2, 0.25) is 0 Å². The highest BCUT2D eigenvalue weighted by Gasteiger charge is 2.20. The van der Waals surface area contributed by atoms with Crippen molar-refractivity contribution in [2.24, 2.45) is 0 Å². The Kier molecular flexibility index (Phi) is 5.03. The molecular formula is C15H20N3O2PS. The number of nitrogens with zero attached hydrogens (tertiary/aromatic N) is 2. The van der Waals surface area contributed by atoms with E-state index in [4.69, 9.17) is 17.0 Å². The number of anilines is 1. The van der Waals surface area contributed by atoms with Crippen LogP contribution in [0.4, 0.5) is 5.69 Å². The summed E-state index contributed by atoms with van der Waals surface area (Å²) in [5.74, 6) is -0.208. The molecule has 1 N–H and O–H groups in total. The van der Waals surface area contributed by atoms with Crippen LogP contribution in [0.1, 0.15) is 11.1 Å². The van der Waals surface area contributed by atoms with Crippen molar-refractivity contribution < 1.29 is 9.53 Å². The van der Waals surface area contributed by atoms with Gasteiger partial charge in [0.15, 0.2) is 4.99 Å². The maximum absolute atomic E-state index is 12.3. The third-order valence-electron chi connectivity index (χ3n) is 4.00. The zero-order valence-corrected chi connectivity index (χ0v) is 14.3. The van der Waals surface area contributed by atoms with Gasteiger partial charge in [0.2, 0.25) is 0 Å². The molecule has 2 heterocycles. The monoisotopic (exact) mass is 337 g/mol. The summed E-state index contributed by atoms with van der Waals surface area (Å²) in [6.45, 7) is 4.55. The molecule has 118 valence electrons. The molecule has 7 heteroatoms. The molecule has 1 saturated heterocycles. The molecule has 2 aliphatic rings. The van der Waals surface area contributed by atoms with Gasteiger partial charge in [-0.15, -0.1) is 0 Å². The Morgan fingerprint density at radius 3 is 2.77 bits per heavy atom. The first kappa shape index (κ1) is 15.8. The molecule has 3 rings (SSSR count). The van der Waals surface area contributed by atoms with Crippen LogP contribution in [0.3, 0.4) is 0 Å². The van der Waals surface area contributed by atoms with Crippen LogP contribution in [-0.4, -0.2) is 53.3 Å². The number of benzene rings is 1. The lowest BCUT2D eigenvalue weighted by Gasteiger charge is -2.28. The van der Waals surface area contributed by atoms with Crippen molar-refractivity contribution in [2.75, 3.05) is 38.2 Å². The van der Waals surface area contributed by atoms with E-state index in [1.165, 1.54) is 11.1 Å². The molecule has 0 bridgehead atoms. The van der Waals surface area contributed by atoms with E-state index in [0.29, 0.717) is 31.3 Å². The number of fused-ring (bicyclic) bond motifs is 1. The highest BCUT2D eigenvalue weighted by atomic mass is 32.1. The predicted molar refractivity (Wildman–Crippen MR) is 93.9 cm³/mol. The Morgan fingerprint density at radius 2 is 2.00 bits per heavy atom. The summed E-state index contributed by atoms with van der Waals surface area (Å²) >= 11 is 5.28. The standard InChI is InChI=1S/C15H20N3O2PS/c19-14(15(22)17-5-7-20-8-6-17)16-13-2-1-12-10-18(21)4-3-11(12)9-13/h1-2,9H,3-8,10,21H2,(H,16,19). The van der Waals surface area contributed by atoms with Gasteiger partial charge < -0.3 is 15.0 Å².